The molecule has 0 aliphatic rings. The summed E-state index contributed by atoms with van der Waals surface area (Å²) in [6.07, 6.45) is 0. The summed E-state index contributed by atoms with van der Waals surface area (Å²) >= 11 is 0. The molecule has 0 saturated heterocycles. The summed E-state index contributed by atoms with van der Waals surface area (Å²) in [5.74, 6) is -1.53. The van der Waals surface area contributed by atoms with E-state index in [2.05, 4.69) is 5.32 Å². The minimum absolute atomic E-state index is 0.0310. The van der Waals surface area contributed by atoms with Crippen molar-refractivity contribution in [2.24, 2.45) is 0 Å². The Morgan fingerprint density at radius 2 is 1.22 bits per heavy atom. The number of ether oxygens (including phenoxy) is 2. The first-order valence-electron chi connectivity index (χ1n) is 6.56. The number of nitrogens with one attached hydrogen (secondary N) is 1. The van der Waals surface area contributed by atoms with Gasteiger partial charge in [0.15, 0.2) is 0 Å². The van der Waals surface area contributed by atoms with Gasteiger partial charge in [0.25, 0.3) is 0 Å². The number of benzene rings is 2. The molecule has 0 spiro atoms. The Hall–Kier alpha value is -3.22. The SMILES string of the molecule is COc1ccc(Nc2ccc(OC)cc2C(=O)O)c(C(=O)O)c1. The van der Waals surface area contributed by atoms with Crippen LogP contribution in [0.25, 0.3) is 0 Å². The van der Waals surface area contributed by atoms with Gasteiger partial charge in [-0.05, 0) is 36.4 Å². The van der Waals surface area contributed by atoms with E-state index in [-0.39, 0.29) is 22.5 Å². The van der Waals surface area contributed by atoms with Crippen LogP contribution in [-0.2, 0) is 0 Å². The molecule has 0 radical (unpaired) electrons. The smallest absolute Gasteiger partial charge is 0.337 e. The average Bonchev–Trinajstić information content (AvgIpc) is 2.55. The fourth-order valence-electron chi connectivity index (χ4n) is 2.02. The standard InChI is InChI=1S/C16H15NO6/c1-22-9-3-5-13(11(7-9)15(18)19)17-14-6-4-10(23-2)8-12(14)16(20)21/h3-8,17H,1-2H3,(H,18,19)(H,20,21). The van der Waals surface area contributed by atoms with Crippen molar-refractivity contribution in [3.8, 4) is 11.5 Å². The molecule has 0 aliphatic carbocycles. The Balaban J connectivity index is 2.47. The van der Waals surface area contributed by atoms with Gasteiger partial charge in [0, 0.05) is 0 Å². The minimum atomic E-state index is -1.16. The van der Waals surface area contributed by atoms with Crippen LogP contribution in [0, 0.1) is 0 Å². The second kappa shape index (κ2) is 6.69. The number of carboxylic acids is 2. The van der Waals surface area contributed by atoms with Crippen LogP contribution in [0.15, 0.2) is 36.4 Å². The lowest BCUT2D eigenvalue weighted by Gasteiger charge is -2.14. The largest absolute Gasteiger partial charge is 0.497 e. The maximum absolute atomic E-state index is 11.4. The van der Waals surface area contributed by atoms with Crippen LogP contribution >= 0.6 is 0 Å². The Labute approximate surface area is 132 Å². The first-order chi connectivity index (χ1) is 11.0. The number of aromatic carboxylic acids is 2. The van der Waals surface area contributed by atoms with Gasteiger partial charge in [-0.1, -0.05) is 0 Å². The van der Waals surface area contributed by atoms with Gasteiger partial charge >= 0.3 is 11.9 Å². The molecule has 0 atom stereocenters. The predicted octanol–water partition coefficient (Wildman–Crippen LogP) is 2.84. The maximum atomic E-state index is 11.4. The molecule has 0 bridgehead atoms. The van der Waals surface area contributed by atoms with E-state index in [4.69, 9.17) is 9.47 Å². The van der Waals surface area contributed by atoms with Gasteiger partial charge in [0.05, 0.1) is 36.7 Å². The van der Waals surface area contributed by atoms with Crippen LogP contribution in [0.2, 0.25) is 0 Å². The number of carboxylic acid groups (broad SMARTS) is 2. The number of rotatable bonds is 6. The molecule has 0 aromatic heterocycles. The highest BCUT2D eigenvalue weighted by Crippen LogP contribution is 2.29. The van der Waals surface area contributed by atoms with Crippen LogP contribution in [-0.4, -0.2) is 36.4 Å². The Morgan fingerprint density at radius 1 is 0.826 bits per heavy atom. The molecule has 23 heavy (non-hydrogen) atoms. The van der Waals surface area contributed by atoms with Gasteiger partial charge in [0.2, 0.25) is 0 Å². The molecule has 120 valence electrons. The summed E-state index contributed by atoms with van der Waals surface area (Å²) in [4.78, 5) is 22.7. The maximum Gasteiger partial charge on any atom is 0.337 e. The van der Waals surface area contributed by atoms with Gasteiger partial charge in [-0.15, -0.1) is 0 Å². The fraction of sp³-hybridized carbons (Fsp3) is 0.125. The highest BCUT2D eigenvalue weighted by Gasteiger charge is 2.16. The summed E-state index contributed by atoms with van der Waals surface area (Å²) in [5, 5.41) is 21.4. The van der Waals surface area contributed by atoms with Gasteiger partial charge in [-0.25, -0.2) is 9.59 Å². The van der Waals surface area contributed by atoms with Crippen LogP contribution in [0.1, 0.15) is 20.7 Å². The van der Waals surface area contributed by atoms with E-state index in [0.29, 0.717) is 11.5 Å². The van der Waals surface area contributed by atoms with E-state index in [9.17, 15) is 19.8 Å². The summed E-state index contributed by atoms with van der Waals surface area (Å²) in [7, 11) is 2.86. The molecule has 7 nitrogen and oxygen atoms in total. The summed E-state index contributed by atoms with van der Waals surface area (Å²) in [6, 6.07) is 8.90. The molecular weight excluding hydrogens is 302 g/mol. The van der Waals surface area contributed by atoms with Crippen molar-refractivity contribution in [2.75, 3.05) is 19.5 Å². The topological polar surface area (TPSA) is 105 Å². The summed E-state index contributed by atoms with van der Waals surface area (Å²) in [6.45, 7) is 0. The molecule has 0 heterocycles. The molecule has 2 aromatic carbocycles. The molecule has 0 saturated carbocycles. The number of carbonyl (C=O) groups is 2. The third-order valence-corrected chi connectivity index (χ3v) is 3.18. The van der Waals surface area contributed by atoms with Gasteiger partial charge in [-0.3, -0.25) is 0 Å². The van der Waals surface area contributed by atoms with Gasteiger partial charge in [0.1, 0.15) is 11.5 Å². The van der Waals surface area contributed by atoms with Crippen molar-refractivity contribution in [3.63, 3.8) is 0 Å². The first kappa shape index (κ1) is 16.2. The molecule has 0 aliphatic heterocycles. The zero-order valence-corrected chi connectivity index (χ0v) is 12.5. The van der Waals surface area contributed by atoms with Crippen molar-refractivity contribution in [1.29, 1.82) is 0 Å². The number of anilines is 2. The highest BCUT2D eigenvalue weighted by molar-refractivity contribution is 5.99. The Morgan fingerprint density at radius 3 is 1.52 bits per heavy atom. The zero-order chi connectivity index (χ0) is 17.0. The molecule has 3 N–H and O–H groups in total. The molecule has 7 heteroatoms. The zero-order valence-electron chi connectivity index (χ0n) is 12.5. The average molecular weight is 317 g/mol. The van der Waals surface area contributed by atoms with E-state index < -0.39 is 11.9 Å². The van der Waals surface area contributed by atoms with Crippen molar-refractivity contribution < 1.29 is 29.3 Å². The third kappa shape index (κ3) is 3.52. The molecule has 0 unspecified atom stereocenters. The molecule has 2 rings (SSSR count). The van der Waals surface area contributed by atoms with Crippen LogP contribution < -0.4 is 14.8 Å². The minimum Gasteiger partial charge on any atom is -0.497 e. The molecule has 2 aromatic rings. The van der Waals surface area contributed by atoms with Crippen LogP contribution in [0.5, 0.6) is 11.5 Å². The van der Waals surface area contributed by atoms with E-state index in [1.54, 1.807) is 12.1 Å². The second-order valence-electron chi connectivity index (χ2n) is 4.56. The van der Waals surface area contributed by atoms with E-state index in [0.717, 1.165) is 0 Å². The van der Waals surface area contributed by atoms with E-state index in [1.807, 2.05) is 0 Å². The Kier molecular flexibility index (Phi) is 4.70. The fourth-order valence-corrected chi connectivity index (χ4v) is 2.02. The molecule has 0 amide bonds. The van der Waals surface area contributed by atoms with Crippen LogP contribution in [0.3, 0.4) is 0 Å². The summed E-state index contributed by atoms with van der Waals surface area (Å²) in [5.41, 5.74) is 0.449. The number of hydrogen-bond donors (Lipinski definition) is 3. The van der Waals surface area contributed by atoms with Gasteiger partial charge < -0.3 is 25.0 Å². The summed E-state index contributed by atoms with van der Waals surface area (Å²) < 4.78 is 10.0. The second-order valence-corrected chi connectivity index (χ2v) is 4.56. The van der Waals surface area contributed by atoms with Crippen LogP contribution in [0.4, 0.5) is 11.4 Å². The highest BCUT2D eigenvalue weighted by atomic mass is 16.5. The predicted molar refractivity (Wildman–Crippen MR) is 83.2 cm³/mol. The number of hydrogen-bond acceptors (Lipinski definition) is 5. The number of methoxy groups -OCH3 is 2. The Bertz CT molecular complexity index is 693. The lowest BCUT2D eigenvalue weighted by Crippen LogP contribution is -2.07. The quantitative estimate of drug-likeness (QED) is 0.752. The van der Waals surface area contributed by atoms with Crippen molar-refractivity contribution in [1.82, 2.24) is 0 Å². The van der Waals surface area contributed by atoms with Gasteiger partial charge in [-0.2, -0.15) is 0 Å². The monoisotopic (exact) mass is 317 g/mol. The molecular formula is C16H15NO6. The van der Waals surface area contributed by atoms with E-state index in [1.165, 1.54) is 38.5 Å². The lowest BCUT2D eigenvalue weighted by atomic mass is 10.1. The normalized spacial score (nSPS) is 10.0. The van der Waals surface area contributed by atoms with Crippen molar-refractivity contribution in [2.45, 2.75) is 0 Å². The van der Waals surface area contributed by atoms with Crippen molar-refractivity contribution >= 4 is 23.3 Å². The first-order valence-corrected chi connectivity index (χ1v) is 6.56. The molecule has 0 fully saturated rings. The lowest BCUT2D eigenvalue weighted by molar-refractivity contribution is 0.0687. The van der Waals surface area contributed by atoms with E-state index >= 15 is 0 Å². The third-order valence-electron chi connectivity index (χ3n) is 3.18. The van der Waals surface area contributed by atoms with Crippen molar-refractivity contribution in [3.05, 3.63) is 47.5 Å².